The highest BCUT2D eigenvalue weighted by Crippen LogP contribution is 2.28. The summed E-state index contributed by atoms with van der Waals surface area (Å²) in [6.45, 7) is 3.72. The summed E-state index contributed by atoms with van der Waals surface area (Å²) in [6.07, 6.45) is 0. The summed E-state index contributed by atoms with van der Waals surface area (Å²) in [6, 6.07) is 18.8. The Morgan fingerprint density at radius 3 is 2.38 bits per heavy atom. The Balaban J connectivity index is 1.56. The number of rotatable bonds is 6. The van der Waals surface area contributed by atoms with E-state index in [0.717, 1.165) is 0 Å². The number of nitrogens with one attached hydrogen (secondary N) is 1. The van der Waals surface area contributed by atoms with Crippen molar-refractivity contribution < 1.29 is 22.0 Å². The van der Waals surface area contributed by atoms with Crippen molar-refractivity contribution >= 4 is 38.3 Å². The molecular weight excluding hydrogens is 431 g/mol. The predicted octanol–water partition coefficient (Wildman–Crippen LogP) is 5.35. The molecule has 0 aliphatic carbocycles. The van der Waals surface area contributed by atoms with Crippen LogP contribution in [0, 0.1) is 12.7 Å². The van der Waals surface area contributed by atoms with Crippen molar-refractivity contribution in [2.45, 2.75) is 18.7 Å². The molecule has 0 fully saturated rings. The van der Waals surface area contributed by atoms with Crippen molar-refractivity contribution in [1.29, 1.82) is 0 Å². The van der Waals surface area contributed by atoms with E-state index >= 15 is 0 Å². The topological polar surface area (TPSA) is 79.6 Å². The Morgan fingerprint density at radius 2 is 1.72 bits per heavy atom. The predicted molar refractivity (Wildman–Crippen MR) is 122 cm³/mol. The van der Waals surface area contributed by atoms with Crippen LogP contribution in [0.5, 0.6) is 0 Å². The molecule has 8 heteroatoms. The quantitative estimate of drug-likeness (QED) is 0.428. The van der Waals surface area contributed by atoms with Crippen LogP contribution in [0.1, 0.15) is 23.0 Å². The highest BCUT2D eigenvalue weighted by atomic mass is 32.2. The monoisotopic (exact) mass is 452 g/mol. The Labute approximate surface area is 185 Å². The van der Waals surface area contributed by atoms with Gasteiger partial charge in [-0.2, -0.15) is 0 Å². The van der Waals surface area contributed by atoms with E-state index in [1.807, 2.05) is 6.07 Å². The number of halogens is 1. The minimum atomic E-state index is -3.76. The summed E-state index contributed by atoms with van der Waals surface area (Å²) in [5, 5.41) is 3.22. The first kappa shape index (κ1) is 21.6. The number of carbonyl (C=O) groups is 1. The molecule has 32 heavy (non-hydrogen) atoms. The van der Waals surface area contributed by atoms with Crippen LogP contribution in [0.4, 0.5) is 15.8 Å². The first-order valence-corrected chi connectivity index (χ1v) is 11.4. The first-order chi connectivity index (χ1) is 15.3. The van der Waals surface area contributed by atoms with Gasteiger partial charge in [-0.1, -0.05) is 18.2 Å². The third kappa shape index (κ3) is 3.97. The second kappa shape index (κ2) is 8.47. The standard InChI is InChI=1S/C24H21FN2O4S/c1-3-27(19-7-5-4-6-8-19)32(29,30)20-12-10-18(11-13-20)26-24(28)23-16(2)21-15-17(25)9-14-22(21)31-23/h4-15H,3H2,1-2H3,(H,26,28). The van der Waals surface area contributed by atoms with Crippen molar-refractivity contribution in [3.8, 4) is 0 Å². The van der Waals surface area contributed by atoms with Crippen molar-refractivity contribution in [3.63, 3.8) is 0 Å². The van der Waals surface area contributed by atoms with Crippen LogP contribution in [-0.2, 0) is 10.0 Å². The van der Waals surface area contributed by atoms with Crippen LogP contribution in [0.15, 0.2) is 82.1 Å². The van der Waals surface area contributed by atoms with Gasteiger partial charge in [0.05, 0.1) is 10.6 Å². The van der Waals surface area contributed by atoms with E-state index in [-0.39, 0.29) is 17.2 Å². The molecule has 1 heterocycles. The number of furan rings is 1. The summed E-state index contributed by atoms with van der Waals surface area (Å²) < 4.78 is 46.6. The van der Waals surface area contributed by atoms with Gasteiger partial charge >= 0.3 is 0 Å². The fourth-order valence-electron chi connectivity index (χ4n) is 3.52. The maximum Gasteiger partial charge on any atom is 0.291 e. The number of fused-ring (bicyclic) bond motifs is 1. The Hall–Kier alpha value is -3.65. The molecule has 4 rings (SSSR count). The van der Waals surface area contributed by atoms with Crippen LogP contribution in [0.2, 0.25) is 0 Å². The van der Waals surface area contributed by atoms with E-state index in [9.17, 15) is 17.6 Å². The van der Waals surface area contributed by atoms with Crippen LogP contribution < -0.4 is 9.62 Å². The lowest BCUT2D eigenvalue weighted by molar-refractivity contribution is 0.0998. The van der Waals surface area contributed by atoms with Gasteiger partial charge in [0.15, 0.2) is 5.76 Å². The Kier molecular flexibility index (Phi) is 5.71. The minimum absolute atomic E-state index is 0.0727. The number of nitrogens with zero attached hydrogens (tertiary/aromatic N) is 1. The number of sulfonamides is 1. The van der Waals surface area contributed by atoms with Gasteiger partial charge in [0.1, 0.15) is 11.4 Å². The Bertz CT molecular complexity index is 1380. The molecule has 6 nitrogen and oxygen atoms in total. The van der Waals surface area contributed by atoms with E-state index in [2.05, 4.69) is 5.32 Å². The molecule has 164 valence electrons. The van der Waals surface area contributed by atoms with Gasteiger partial charge in [0.2, 0.25) is 0 Å². The van der Waals surface area contributed by atoms with Gasteiger partial charge in [-0.3, -0.25) is 9.10 Å². The molecular formula is C24H21FN2O4S. The van der Waals surface area contributed by atoms with Crippen LogP contribution in [0.25, 0.3) is 11.0 Å². The van der Waals surface area contributed by atoms with Crippen LogP contribution in [0.3, 0.4) is 0 Å². The summed E-state index contributed by atoms with van der Waals surface area (Å²) in [5.41, 5.74) is 1.92. The largest absolute Gasteiger partial charge is 0.451 e. The third-order valence-corrected chi connectivity index (χ3v) is 7.05. The molecule has 1 N–H and O–H groups in total. The number of benzene rings is 3. The molecule has 0 aliphatic rings. The summed E-state index contributed by atoms with van der Waals surface area (Å²) in [7, 11) is -3.76. The number of para-hydroxylation sites is 1. The molecule has 0 saturated carbocycles. The van der Waals surface area contributed by atoms with Gasteiger partial charge in [-0.05, 0) is 68.4 Å². The van der Waals surface area contributed by atoms with E-state index in [1.165, 1.54) is 46.8 Å². The second-order valence-electron chi connectivity index (χ2n) is 7.18. The summed E-state index contributed by atoms with van der Waals surface area (Å²) in [4.78, 5) is 12.8. The van der Waals surface area contributed by atoms with E-state index in [4.69, 9.17) is 4.42 Å². The highest BCUT2D eigenvalue weighted by Gasteiger charge is 2.24. The number of hydrogen-bond acceptors (Lipinski definition) is 4. The fourth-order valence-corrected chi connectivity index (χ4v) is 4.99. The minimum Gasteiger partial charge on any atom is -0.451 e. The molecule has 0 aliphatic heterocycles. The first-order valence-electron chi connectivity index (χ1n) is 9.99. The lowest BCUT2D eigenvalue weighted by Crippen LogP contribution is -2.30. The second-order valence-corrected chi connectivity index (χ2v) is 9.04. The van der Waals surface area contributed by atoms with Crippen molar-refractivity contribution in [3.05, 3.63) is 89.9 Å². The lowest BCUT2D eigenvalue weighted by Gasteiger charge is -2.23. The average molecular weight is 453 g/mol. The number of hydrogen-bond donors (Lipinski definition) is 1. The SMILES string of the molecule is CCN(c1ccccc1)S(=O)(=O)c1ccc(NC(=O)c2oc3ccc(F)cc3c2C)cc1. The van der Waals surface area contributed by atoms with E-state index in [0.29, 0.717) is 27.9 Å². The number of anilines is 2. The summed E-state index contributed by atoms with van der Waals surface area (Å²) >= 11 is 0. The molecule has 1 aromatic heterocycles. The van der Waals surface area contributed by atoms with E-state index < -0.39 is 21.7 Å². The highest BCUT2D eigenvalue weighted by molar-refractivity contribution is 7.92. The molecule has 0 radical (unpaired) electrons. The van der Waals surface area contributed by atoms with Crippen LogP contribution in [-0.4, -0.2) is 20.9 Å². The zero-order valence-electron chi connectivity index (χ0n) is 17.5. The van der Waals surface area contributed by atoms with E-state index in [1.54, 1.807) is 38.1 Å². The van der Waals surface area contributed by atoms with Crippen molar-refractivity contribution in [2.75, 3.05) is 16.2 Å². The van der Waals surface area contributed by atoms with Gasteiger partial charge in [-0.25, -0.2) is 12.8 Å². The molecule has 0 saturated heterocycles. The van der Waals surface area contributed by atoms with Gasteiger partial charge in [-0.15, -0.1) is 0 Å². The third-order valence-electron chi connectivity index (χ3n) is 5.14. The average Bonchev–Trinajstić information content (AvgIpc) is 3.11. The number of aryl methyl sites for hydroxylation is 1. The summed E-state index contributed by atoms with van der Waals surface area (Å²) in [5.74, 6) is -0.848. The van der Waals surface area contributed by atoms with Crippen LogP contribution >= 0.6 is 0 Å². The van der Waals surface area contributed by atoms with Crippen molar-refractivity contribution in [2.24, 2.45) is 0 Å². The molecule has 3 aromatic carbocycles. The smallest absolute Gasteiger partial charge is 0.291 e. The zero-order chi connectivity index (χ0) is 22.9. The molecule has 4 aromatic rings. The Morgan fingerprint density at radius 1 is 1.03 bits per heavy atom. The molecule has 0 bridgehead atoms. The number of amides is 1. The maximum absolute atomic E-state index is 13.5. The molecule has 1 amide bonds. The van der Waals surface area contributed by atoms with Gasteiger partial charge in [0, 0.05) is 23.2 Å². The van der Waals surface area contributed by atoms with Gasteiger partial charge in [0.25, 0.3) is 15.9 Å². The molecule has 0 unspecified atom stereocenters. The maximum atomic E-state index is 13.5. The zero-order valence-corrected chi connectivity index (χ0v) is 18.3. The fraction of sp³-hybridized carbons (Fsp3) is 0.125. The van der Waals surface area contributed by atoms with Gasteiger partial charge < -0.3 is 9.73 Å². The lowest BCUT2D eigenvalue weighted by atomic mass is 10.1. The molecule has 0 atom stereocenters. The molecule has 0 spiro atoms. The normalized spacial score (nSPS) is 11.5. The van der Waals surface area contributed by atoms with Crippen molar-refractivity contribution in [1.82, 2.24) is 0 Å². The number of carbonyl (C=O) groups excluding carboxylic acids is 1.